The van der Waals surface area contributed by atoms with E-state index >= 15 is 0 Å². The molecule has 0 aromatic carbocycles. The number of aryl methyl sites for hydroxylation is 1. The minimum Gasteiger partial charge on any atom is -0.396 e. The van der Waals surface area contributed by atoms with Crippen LogP contribution in [0.4, 0.5) is 0 Å². The lowest BCUT2D eigenvalue weighted by atomic mass is 10.0. The lowest BCUT2D eigenvalue weighted by Crippen LogP contribution is -2.43. The van der Waals surface area contributed by atoms with E-state index in [9.17, 15) is 0 Å². The highest BCUT2D eigenvalue weighted by Gasteiger charge is 2.22. The molecule has 0 radical (unpaired) electrons. The van der Waals surface area contributed by atoms with Gasteiger partial charge in [-0.2, -0.15) is 5.10 Å². The van der Waals surface area contributed by atoms with Gasteiger partial charge in [-0.3, -0.25) is 9.58 Å². The molecule has 5 heteroatoms. The molecule has 2 heterocycles. The molecule has 114 valence electrons. The molecule has 0 saturated carbocycles. The first-order valence-corrected chi connectivity index (χ1v) is 7.77. The molecule has 5 nitrogen and oxygen atoms in total. The first kappa shape index (κ1) is 15.5. The SMILES string of the molecule is CCn1cc(CN2CCC(N(C)CCCO)CC2)cn1. The zero-order valence-electron chi connectivity index (χ0n) is 12.8. The largest absolute Gasteiger partial charge is 0.396 e. The van der Waals surface area contributed by atoms with Gasteiger partial charge in [0.2, 0.25) is 0 Å². The zero-order valence-corrected chi connectivity index (χ0v) is 12.8. The number of hydrogen-bond acceptors (Lipinski definition) is 4. The molecule has 1 aliphatic heterocycles. The summed E-state index contributed by atoms with van der Waals surface area (Å²) in [6.45, 7) is 7.70. The fraction of sp³-hybridized carbons (Fsp3) is 0.800. The van der Waals surface area contributed by atoms with Gasteiger partial charge in [-0.05, 0) is 46.3 Å². The number of rotatable bonds is 7. The number of nitrogens with zero attached hydrogens (tertiary/aromatic N) is 4. The summed E-state index contributed by atoms with van der Waals surface area (Å²) in [6.07, 6.45) is 7.48. The second-order valence-electron chi connectivity index (χ2n) is 5.77. The summed E-state index contributed by atoms with van der Waals surface area (Å²) < 4.78 is 1.99. The van der Waals surface area contributed by atoms with Crippen LogP contribution >= 0.6 is 0 Å². The summed E-state index contributed by atoms with van der Waals surface area (Å²) in [5.74, 6) is 0. The molecule has 1 aromatic heterocycles. The van der Waals surface area contributed by atoms with Crippen molar-refractivity contribution < 1.29 is 5.11 Å². The van der Waals surface area contributed by atoms with E-state index in [2.05, 4.69) is 35.1 Å². The van der Waals surface area contributed by atoms with E-state index in [0.717, 1.165) is 39.1 Å². The van der Waals surface area contributed by atoms with Crippen molar-refractivity contribution in [1.82, 2.24) is 19.6 Å². The smallest absolute Gasteiger partial charge is 0.0534 e. The Morgan fingerprint density at radius 1 is 1.40 bits per heavy atom. The summed E-state index contributed by atoms with van der Waals surface area (Å²) in [4.78, 5) is 4.93. The highest BCUT2D eigenvalue weighted by Crippen LogP contribution is 2.17. The van der Waals surface area contributed by atoms with Gasteiger partial charge in [-0.15, -0.1) is 0 Å². The minimum absolute atomic E-state index is 0.296. The van der Waals surface area contributed by atoms with E-state index in [4.69, 9.17) is 5.11 Å². The molecule has 0 aliphatic carbocycles. The fourth-order valence-electron chi connectivity index (χ4n) is 2.94. The van der Waals surface area contributed by atoms with Crippen LogP contribution in [-0.4, -0.2) is 64.0 Å². The van der Waals surface area contributed by atoms with Crippen molar-refractivity contribution in [3.63, 3.8) is 0 Å². The number of aromatic nitrogens is 2. The summed E-state index contributed by atoms with van der Waals surface area (Å²) in [5, 5.41) is 13.2. The zero-order chi connectivity index (χ0) is 14.4. The van der Waals surface area contributed by atoms with Crippen molar-refractivity contribution in [2.45, 2.75) is 45.3 Å². The van der Waals surface area contributed by atoms with Gasteiger partial charge in [0.1, 0.15) is 0 Å². The van der Waals surface area contributed by atoms with Crippen LogP contribution < -0.4 is 0 Å². The highest BCUT2D eigenvalue weighted by atomic mass is 16.3. The Morgan fingerprint density at radius 3 is 2.75 bits per heavy atom. The normalized spacial score (nSPS) is 18.0. The third-order valence-corrected chi connectivity index (χ3v) is 4.27. The molecule has 20 heavy (non-hydrogen) atoms. The molecule has 1 saturated heterocycles. The Kier molecular flexibility index (Phi) is 6.01. The Labute approximate surface area is 122 Å². The predicted octanol–water partition coefficient (Wildman–Crippen LogP) is 1.18. The van der Waals surface area contributed by atoms with Gasteiger partial charge >= 0.3 is 0 Å². The number of likely N-dealkylation sites (tertiary alicyclic amines) is 1. The lowest BCUT2D eigenvalue weighted by molar-refractivity contribution is 0.117. The quantitative estimate of drug-likeness (QED) is 0.814. The molecule has 2 rings (SSSR count). The molecule has 0 spiro atoms. The van der Waals surface area contributed by atoms with E-state index in [1.54, 1.807) is 0 Å². The number of aliphatic hydroxyl groups excluding tert-OH is 1. The Balaban J connectivity index is 1.73. The van der Waals surface area contributed by atoms with Crippen LogP contribution in [0, 0.1) is 0 Å². The van der Waals surface area contributed by atoms with Gasteiger partial charge < -0.3 is 10.0 Å². The lowest BCUT2D eigenvalue weighted by Gasteiger charge is -2.36. The van der Waals surface area contributed by atoms with Crippen molar-refractivity contribution in [3.8, 4) is 0 Å². The summed E-state index contributed by atoms with van der Waals surface area (Å²) in [5.41, 5.74) is 1.32. The van der Waals surface area contributed by atoms with Gasteiger partial charge in [0, 0.05) is 44.0 Å². The van der Waals surface area contributed by atoms with Gasteiger partial charge in [0.15, 0.2) is 0 Å². The van der Waals surface area contributed by atoms with Crippen LogP contribution in [0.15, 0.2) is 12.4 Å². The summed E-state index contributed by atoms with van der Waals surface area (Å²) in [7, 11) is 2.18. The number of hydrogen-bond donors (Lipinski definition) is 1. The molecule has 1 N–H and O–H groups in total. The molecule has 0 amide bonds. The van der Waals surface area contributed by atoms with E-state index in [-0.39, 0.29) is 0 Å². The number of aliphatic hydroxyl groups is 1. The van der Waals surface area contributed by atoms with Crippen LogP contribution in [0.1, 0.15) is 31.7 Å². The Hall–Kier alpha value is -0.910. The minimum atomic E-state index is 0.296. The molecule has 1 fully saturated rings. The first-order valence-electron chi connectivity index (χ1n) is 7.77. The fourth-order valence-corrected chi connectivity index (χ4v) is 2.94. The highest BCUT2D eigenvalue weighted by molar-refractivity contribution is 5.04. The standard InChI is InChI=1S/C15H28N4O/c1-3-19-13-14(11-16-19)12-18-8-5-15(6-9-18)17(2)7-4-10-20/h11,13,15,20H,3-10,12H2,1-2H3. The number of piperidine rings is 1. The molecule has 0 atom stereocenters. The van der Waals surface area contributed by atoms with E-state index in [1.807, 2.05) is 10.9 Å². The van der Waals surface area contributed by atoms with Gasteiger partial charge in [-0.1, -0.05) is 0 Å². The third-order valence-electron chi connectivity index (χ3n) is 4.27. The van der Waals surface area contributed by atoms with Gasteiger partial charge in [0.25, 0.3) is 0 Å². The maximum atomic E-state index is 8.90. The molecule has 1 aliphatic rings. The average molecular weight is 280 g/mol. The predicted molar refractivity (Wildman–Crippen MR) is 80.5 cm³/mol. The average Bonchev–Trinajstić information content (AvgIpc) is 2.93. The van der Waals surface area contributed by atoms with Crippen LogP contribution in [0.2, 0.25) is 0 Å². The molecular weight excluding hydrogens is 252 g/mol. The van der Waals surface area contributed by atoms with Crippen LogP contribution in [0.3, 0.4) is 0 Å². The molecule has 1 aromatic rings. The summed E-state index contributed by atoms with van der Waals surface area (Å²) >= 11 is 0. The van der Waals surface area contributed by atoms with Crippen molar-refractivity contribution in [1.29, 1.82) is 0 Å². The van der Waals surface area contributed by atoms with E-state index in [0.29, 0.717) is 12.6 Å². The van der Waals surface area contributed by atoms with E-state index < -0.39 is 0 Å². The maximum absolute atomic E-state index is 8.90. The van der Waals surface area contributed by atoms with E-state index in [1.165, 1.54) is 18.4 Å². The maximum Gasteiger partial charge on any atom is 0.0534 e. The second-order valence-corrected chi connectivity index (χ2v) is 5.77. The van der Waals surface area contributed by atoms with Gasteiger partial charge in [0.05, 0.1) is 6.20 Å². The topological polar surface area (TPSA) is 44.5 Å². The van der Waals surface area contributed by atoms with Crippen LogP contribution in [0.25, 0.3) is 0 Å². The van der Waals surface area contributed by atoms with Gasteiger partial charge in [-0.25, -0.2) is 0 Å². The molecule has 0 unspecified atom stereocenters. The van der Waals surface area contributed by atoms with Crippen molar-refractivity contribution in [2.24, 2.45) is 0 Å². The van der Waals surface area contributed by atoms with Crippen LogP contribution in [0.5, 0.6) is 0 Å². The van der Waals surface area contributed by atoms with Crippen molar-refractivity contribution >= 4 is 0 Å². The second kappa shape index (κ2) is 7.76. The van der Waals surface area contributed by atoms with Crippen LogP contribution in [-0.2, 0) is 13.1 Å². The Bertz CT molecular complexity index is 385. The van der Waals surface area contributed by atoms with Crippen molar-refractivity contribution in [2.75, 3.05) is 33.3 Å². The molecular formula is C15H28N4O. The third kappa shape index (κ3) is 4.30. The monoisotopic (exact) mass is 280 g/mol. The summed E-state index contributed by atoms with van der Waals surface area (Å²) in [6, 6.07) is 0.677. The molecule has 0 bridgehead atoms. The Morgan fingerprint density at radius 2 is 2.15 bits per heavy atom. The first-order chi connectivity index (χ1) is 9.72. The van der Waals surface area contributed by atoms with Crippen molar-refractivity contribution in [3.05, 3.63) is 18.0 Å².